The highest BCUT2D eigenvalue weighted by Crippen LogP contribution is 2.49. The third-order valence-corrected chi connectivity index (χ3v) is 7.94. The molecule has 1 unspecified atom stereocenters. The summed E-state index contributed by atoms with van der Waals surface area (Å²) in [5, 5.41) is 19.3. The fourth-order valence-electron chi connectivity index (χ4n) is 4.52. The van der Waals surface area contributed by atoms with Crippen LogP contribution in [-0.2, 0) is 10.0 Å². The summed E-state index contributed by atoms with van der Waals surface area (Å²) in [6, 6.07) is 25.9. The molecule has 0 bridgehead atoms. The molecule has 0 aliphatic carbocycles. The van der Waals surface area contributed by atoms with Gasteiger partial charge in [-0.3, -0.25) is 4.31 Å². The van der Waals surface area contributed by atoms with Gasteiger partial charge >= 0.3 is 0 Å². The van der Waals surface area contributed by atoms with Crippen molar-refractivity contribution in [3.63, 3.8) is 0 Å². The van der Waals surface area contributed by atoms with Gasteiger partial charge in [0.15, 0.2) is 0 Å². The van der Waals surface area contributed by atoms with E-state index in [4.69, 9.17) is 0 Å². The molecule has 2 N–H and O–H groups in total. The monoisotopic (exact) mass is 457 g/mol. The molecule has 1 aliphatic heterocycles. The molecule has 1 atom stereocenters. The van der Waals surface area contributed by atoms with Crippen molar-refractivity contribution in [2.75, 3.05) is 4.31 Å². The Hall–Kier alpha value is -3.77. The number of sulfonamides is 1. The van der Waals surface area contributed by atoms with Crippen LogP contribution in [0.15, 0.2) is 95.9 Å². The number of phenols is 2. The fraction of sp³-hybridized carbons (Fsp3) is 0.111. The van der Waals surface area contributed by atoms with Crippen LogP contribution in [0, 0.1) is 0 Å². The molecule has 33 heavy (non-hydrogen) atoms. The van der Waals surface area contributed by atoms with Crippen LogP contribution in [0.5, 0.6) is 11.5 Å². The molecule has 4 aromatic rings. The van der Waals surface area contributed by atoms with E-state index >= 15 is 0 Å². The van der Waals surface area contributed by atoms with Gasteiger partial charge in [-0.15, -0.1) is 0 Å². The molecule has 1 heterocycles. The van der Waals surface area contributed by atoms with Gasteiger partial charge in [0.1, 0.15) is 11.5 Å². The zero-order chi connectivity index (χ0) is 23.2. The first kappa shape index (κ1) is 21.1. The highest BCUT2D eigenvalue weighted by molar-refractivity contribution is 7.92. The lowest BCUT2D eigenvalue weighted by atomic mass is 9.87. The Morgan fingerprint density at radius 1 is 0.758 bits per heavy atom. The molecule has 6 heteroatoms. The van der Waals surface area contributed by atoms with Gasteiger partial charge in [0.2, 0.25) is 0 Å². The summed E-state index contributed by atoms with van der Waals surface area (Å²) in [4.78, 5) is 0.131. The standard InChI is InChI=1S/C27H23NO4S/c1-2-26-24-6-4-3-5-23(24)25-17-19(18-7-10-20(29)11-8-18)9-16-27(25)28(26)33(31,32)22-14-12-21(30)13-15-22/h3-17,26,29-30H,2H2,1H3. The maximum Gasteiger partial charge on any atom is 0.264 e. The van der Waals surface area contributed by atoms with Crippen molar-refractivity contribution in [1.29, 1.82) is 0 Å². The summed E-state index contributed by atoms with van der Waals surface area (Å²) in [5.74, 6) is 0.211. The summed E-state index contributed by atoms with van der Waals surface area (Å²) in [6.07, 6.45) is 0.605. The summed E-state index contributed by atoms with van der Waals surface area (Å²) >= 11 is 0. The van der Waals surface area contributed by atoms with Gasteiger partial charge in [-0.25, -0.2) is 8.42 Å². The first-order chi connectivity index (χ1) is 15.9. The van der Waals surface area contributed by atoms with Crippen LogP contribution < -0.4 is 4.31 Å². The summed E-state index contributed by atoms with van der Waals surface area (Å²) < 4.78 is 29.2. The Balaban J connectivity index is 1.74. The normalized spacial score (nSPS) is 15.1. The van der Waals surface area contributed by atoms with Gasteiger partial charge < -0.3 is 10.2 Å². The molecule has 5 nitrogen and oxygen atoms in total. The van der Waals surface area contributed by atoms with Gasteiger partial charge in [0.25, 0.3) is 10.0 Å². The van der Waals surface area contributed by atoms with Crippen molar-refractivity contribution in [2.24, 2.45) is 0 Å². The van der Waals surface area contributed by atoms with Gasteiger partial charge in [-0.1, -0.05) is 49.4 Å². The summed E-state index contributed by atoms with van der Waals surface area (Å²) in [5.41, 5.74) is 5.29. The number of benzene rings is 4. The summed E-state index contributed by atoms with van der Waals surface area (Å²) in [6.45, 7) is 1.98. The molecule has 0 radical (unpaired) electrons. The Bertz CT molecular complexity index is 1430. The first-order valence-electron chi connectivity index (χ1n) is 10.8. The first-order valence-corrected chi connectivity index (χ1v) is 12.2. The Kier molecular flexibility index (Phi) is 5.10. The average molecular weight is 458 g/mol. The van der Waals surface area contributed by atoms with E-state index in [0.717, 1.165) is 27.8 Å². The predicted octanol–water partition coefficient (Wildman–Crippen LogP) is 6.09. The molecule has 0 spiro atoms. The number of anilines is 1. The largest absolute Gasteiger partial charge is 0.508 e. The second kappa shape index (κ2) is 7.98. The van der Waals surface area contributed by atoms with E-state index in [1.165, 1.54) is 28.6 Å². The minimum absolute atomic E-state index is 0.0175. The van der Waals surface area contributed by atoms with Crippen molar-refractivity contribution >= 4 is 15.7 Å². The lowest BCUT2D eigenvalue weighted by molar-refractivity contribution is 0.474. The number of hydrogen-bond acceptors (Lipinski definition) is 4. The molecule has 166 valence electrons. The second-order valence-corrected chi connectivity index (χ2v) is 9.90. The lowest BCUT2D eigenvalue weighted by Gasteiger charge is -2.39. The summed E-state index contributed by atoms with van der Waals surface area (Å²) in [7, 11) is -3.89. The molecule has 0 amide bonds. The number of nitrogens with zero attached hydrogens (tertiary/aromatic N) is 1. The molecule has 5 rings (SSSR count). The van der Waals surface area contributed by atoms with Crippen molar-refractivity contribution in [2.45, 2.75) is 24.3 Å². The van der Waals surface area contributed by atoms with Crippen LogP contribution in [-0.4, -0.2) is 18.6 Å². The maximum atomic E-state index is 13.8. The number of rotatable bonds is 4. The van der Waals surface area contributed by atoms with Crippen LogP contribution >= 0.6 is 0 Å². The topological polar surface area (TPSA) is 77.8 Å². The Morgan fingerprint density at radius 3 is 2.03 bits per heavy atom. The van der Waals surface area contributed by atoms with E-state index in [1.807, 2.05) is 61.5 Å². The van der Waals surface area contributed by atoms with Gasteiger partial charge in [-0.2, -0.15) is 0 Å². The van der Waals surface area contributed by atoms with E-state index in [2.05, 4.69) is 0 Å². The van der Waals surface area contributed by atoms with E-state index in [9.17, 15) is 18.6 Å². The van der Waals surface area contributed by atoms with Crippen LogP contribution in [0.4, 0.5) is 5.69 Å². The van der Waals surface area contributed by atoms with Crippen LogP contribution in [0.3, 0.4) is 0 Å². The number of phenolic OH excluding ortho intramolecular Hbond substituents is 2. The molecule has 0 saturated carbocycles. The van der Waals surface area contributed by atoms with Gasteiger partial charge in [0.05, 0.1) is 16.6 Å². The third kappa shape index (κ3) is 3.52. The van der Waals surface area contributed by atoms with Crippen LogP contribution in [0.2, 0.25) is 0 Å². The number of fused-ring (bicyclic) bond motifs is 3. The van der Waals surface area contributed by atoms with Crippen molar-refractivity contribution in [3.05, 3.63) is 96.6 Å². The molecular formula is C27H23NO4S. The van der Waals surface area contributed by atoms with Crippen LogP contribution in [0.1, 0.15) is 24.9 Å². The number of hydrogen-bond donors (Lipinski definition) is 2. The smallest absolute Gasteiger partial charge is 0.264 e. The third-order valence-electron chi connectivity index (χ3n) is 6.11. The zero-order valence-electron chi connectivity index (χ0n) is 18.0. The molecule has 0 aromatic heterocycles. The van der Waals surface area contributed by atoms with E-state index in [1.54, 1.807) is 12.1 Å². The van der Waals surface area contributed by atoms with Crippen molar-refractivity contribution < 1.29 is 18.6 Å². The highest BCUT2D eigenvalue weighted by atomic mass is 32.2. The van der Waals surface area contributed by atoms with Crippen molar-refractivity contribution in [1.82, 2.24) is 0 Å². The van der Waals surface area contributed by atoms with E-state index in [-0.39, 0.29) is 22.4 Å². The SMILES string of the molecule is CCC1c2ccccc2-c2cc(-c3ccc(O)cc3)ccc2N1S(=O)(=O)c1ccc(O)cc1. The molecular weight excluding hydrogens is 434 g/mol. The Morgan fingerprint density at radius 2 is 1.36 bits per heavy atom. The van der Waals surface area contributed by atoms with Crippen LogP contribution in [0.25, 0.3) is 22.3 Å². The van der Waals surface area contributed by atoms with E-state index in [0.29, 0.717) is 12.1 Å². The molecule has 0 fully saturated rings. The number of aromatic hydroxyl groups is 2. The van der Waals surface area contributed by atoms with Crippen molar-refractivity contribution in [3.8, 4) is 33.8 Å². The predicted molar refractivity (Wildman–Crippen MR) is 130 cm³/mol. The molecule has 1 aliphatic rings. The van der Waals surface area contributed by atoms with Gasteiger partial charge in [0, 0.05) is 5.56 Å². The average Bonchev–Trinajstić information content (AvgIpc) is 2.83. The zero-order valence-corrected chi connectivity index (χ0v) is 18.8. The molecule has 4 aromatic carbocycles. The minimum atomic E-state index is -3.89. The fourth-order valence-corrected chi connectivity index (χ4v) is 6.24. The van der Waals surface area contributed by atoms with E-state index < -0.39 is 10.0 Å². The molecule has 0 saturated heterocycles. The quantitative estimate of drug-likeness (QED) is 0.389. The highest BCUT2D eigenvalue weighted by Gasteiger charge is 2.38. The second-order valence-electron chi connectivity index (χ2n) is 8.08. The Labute approximate surface area is 193 Å². The van der Waals surface area contributed by atoms with Gasteiger partial charge in [-0.05, 0) is 77.2 Å². The maximum absolute atomic E-state index is 13.8. The minimum Gasteiger partial charge on any atom is -0.508 e. The lowest BCUT2D eigenvalue weighted by Crippen LogP contribution is -2.37.